The molecular weight excluding hydrogens is 326 g/mol. The van der Waals surface area contributed by atoms with Crippen molar-refractivity contribution in [3.63, 3.8) is 0 Å². The van der Waals surface area contributed by atoms with Crippen LogP contribution in [0.2, 0.25) is 0 Å². The molecule has 1 aromatic rings. The number of hydrogen-bond donors (Lipinski definition) is 1. The highest BCUT2D eigenvalue weighted by atomic mass is 79.9. The van der Waals surface area contributed by atoms with Gasteiger partial charge in [-0.25, -0.2) is 8.42 Å². The maximum atomic E-state index is 12.3. The van der Waals surface area contributed by atoms with Crippen molar-refractivity contribution in [1.82, 2.24) is 4.31 Å². The second-order valence-corrected chi connectivity index (χ2v) is 7.99. The Morgan fingerprint density at radius 2 is 2.12 bits per heavy atom. The van der Waals surface area contributed by atoms with Crippen molar-refractivity contribution in [2.75, 3.05) is 19.7 Å². The van der Waals surface area contributed by atoms with E-state index >= 15 is 0 Å². The molecule has 2 heterocycles. The molecule has 96 valence electrons. The van der Waals surface area contributed by atoms with Crippen LogP contribution in [0.4, 0.5) is 0 Å². The molecule has 1 aromatic heterocycles. The van der Waals surface area contributed by atoms with Gasteiger partial charge in [0.15, 0.2) is 0 Å². The molecule has 1 fully saturated rings. The third-order valence-corrected chi connectivity index (χ3v) is 7.54. The van der Waals surface area contributed by atoms with Gasteiger partial charge < -0.3 is 5.11 Å². The third-order valence-electron chi connectivity index (χ3n) is 2.99. The fraction of sp³-hybridized carbons (Fsp3) is 0.600. The summed E-state index contributed by atoms with van der Waals surface area (Å²) in [5, 5.41) is 10.8. The summed E-state index contributed by atoms with van der Waals surface area (Å²) in [6, 6.07) is 1.75. The summed E-state index contributed by atoms with van der Waals surface area (Å²) in [5.41, 5.74) is 0. The maximum Gasteiger partial charge on any atom is 0.253 e. The van der Waals surface area contributed by atoms with Gasteiger partial charge in [-0.15, -0.1) is 11.3 Å². The largest absolute Gasteiger partial charge is 0.396 e. The van der Waals surface area contributed by atoms with E-state index in [-0.39, 0.29) is 12.5 Å². The number of aliphatic hydroxyl groups excluding tert-OH is 1. The van der Waals surface area contributed by atoms with E-state index in [9.17, 15) is 8.42 Å². The van der Waals surface area contributed by atoms with Crippen LogP contribution in [0, 0.1) is 5.92 Å². The minimum atomic E-state index is -3.36. The van der Waals surface area contributed by atoms with Crippen LogP contribution in [-0.4, -0.2) is 37.5 Å². The van der Waals surface area contributed by atoms with E-state index in [1.54, 1.807) is 11.4 Å². The molecule has 17 heavy (non-hydrogen) atoms. The highest BCUT2D eigenvalue weighted by Crippen LogP contribution is 2.32. The topological polar surface area (TPSA) is 57.6 Å². The highest BCUT2D eigenvalue weighted by molar-refractivity contribution is 9.10. The number of nitrogens with zero attached hydrogens (tertiary/aromatic N) is 1. The van der Waals surface area contributed by atoms with Crippen molar-refractivity contribution >= 4 is 37.3 Å². The van der Waals surface area contributed by atoms with Gasteiger partial charge >= 0.3 is 0 Å². The molecule has 0 radical (unpaired) electrons. The summed E-state index contributed by atoms with van der Waals surface area (Å²) in [6.45, 7) is 1.15. The number of aliphatic hydroxyl groups is 1. The summed E-state index contributed by atoms with van der Waals surface area (Å²) >= 11 is 4.49. The molecule has 0 unspecified atom stereocenters. The number of halogens is 1. The number of piperidine rings is 1. The van der Waals surface area contributed by atoms with Crippen LogP contribution < -0.4 is 0 Å². The Kier molecular flexibility index (Phi) is 4.25. The van der Waals surface area contributed by atoms with Crippen molar-refractivity contribution in [2.24, 2.45) is 5.92 Å². The lowest BCUT2D eigenvalue weighted by molar-refractivity contribution is 0.170. The van der Waals surface area contributed by atoms with Crippen LogP contribution in [0.1, 0.15) is 12.8 Å². The zero-order valence-electron chi connectivity index (χ0n) is 9.17. The summed E-state index contributed by atoms with van der Waals surface area (Å²) in [7, 11) is -3.36. The van der Waals surface area contributed by atoms with Gasteiger partial charge in [0.2, 0.25) is 0 Å². The summed E-state index contributed by atoms with van der Waals surface area (Å²) in [6.07, 6.45) is 1.47. The van der Waals surface area contributed by atoms with Crippen molar-refractivity contribution in [2.45, 2.75) is 17.1 Å². The molecule has 7 heteroatoms. The molecule has 1 N–H and O–H groups in total. The molecule has 4 nitrogen and oxygen atoms in total. The normalized spacial score (nSPS) is 19.6. The maximum absolute atomic E-state index is 12.3. The summed E-state index contributed by atoms with van der Waals surface area (Å²) < 4.78 is 27.1. The lowest BCUT2D eigenvalue weighted by Crippen LogP contribution is -2.38. The Labute approximate surface area is 113 Å². The highest BCUT2D eigenvalue weighted by Gasteiger charge is 2.31. The van der Waals surface area contributed by atoms with Crippen LogP contribution in [-0.2, 0) is 10.0 Å². The first-order chi connectivity index (χ1) is 8.05. The van der Waals surface area contributed by atoms with Crippen LogP contribution in [0.15, 0.2) is 20.1 Å². The van der Waals surface area contributed by atoms with Gasteiger partial charge in [0.05, 0.1) is 0 Å². The minimum absolute atomic E-state index is 0.149. The zero-order chi connectivity index (χ0) is 12.5. The van der Waals surface area contributed by atoms with Gasteiger partial charge in [-0.3, -0.25) is 0 Å². The Hall–Kier alpha value is 0.0500. The number of thiophene rings is 1. The van der Waals surface area contributed by atoms with Gasteiger partial charge in [-0.1, -0.05) is 0 Å². The first-order valence-electron chi connectivity index (χ1n) is 5.39. The average Bonchev–Trinajstić information content (AvgIpc) is 2.76. The van der Waals surface area contributed by atoms with E-state index in [0.717, 1.165) is 12.8 Å². The van der Waals surface area contributed by atoms with Crippen LogP contribution in [0.5, 0.6) is 0 Å². The quantitative estimate of drug-likeness (QED) is 0.914. The van der Waals surface area contributed by atoms with Gasteiger partial charge in [0.1, 0.15) is 4.21 Å². The molecule has 0 amide bonds. The minimum Gasteiger partial charge on any atom is -0.396 e. The molecule has 0 spiro atoms. The van der Waals surface area contributed by atoms with E-state index in [1.165, 1.54) is 15.6 Å². The Morgan fingerprint density at radius 3 is 2.59 bits per heavy atom. The van der Waals surface area contributed by atoms with Crippen molar-refractivity contribution in [3.05, 3.63) is 15.9 Å². The van der Waals surface area contributed by atoms with Gasteiger partial charge in [-0.2, -0.15) is 4.31 Å². The number of hydrogen-bond acceptors (Lipinski definition) is 4. The second kappa shape index (κ2) is 5.36. The summed E-state index contributed by atoms with van der Waals surface area (Å²) in [5.74, 6) is 0.244. The average molecular weight is 340 g/mol. The fourth-order valence-corrected chi connectivity index (χ4v) is 5.83. The fourth-order valence-electron chi connectivity index (χ4n) is 1.91. The molecule has 0 atom stereocenters. The zero-order valence-corrected chi connectivity index (χ0v) is 12.4. The van der Waals surface area contributed by atoms with Gasteiger partial charge in [0.25, 0.3) is 10.0 Å². The molecule has 0 bridgehead atoms. The number of sulfonamides is 1. The summed E-state index contributed by atoms with van der Waals surface area (Å²) in [4.78, 5) is 0. The molecule has 0 aromatic carbocycles. The monoisotopic (exact) mass is 339 g/mol. The van der Waals surface area contributed by atoms with Gasteiger partial charge in [0, 0.05) is 24.2 Å². The molecular formula is C10H14BrNO3S2. The van der Waals surface area contributed by atoms with E-state index in [0.29, 0.717) is 21.8 Å². The molecule has 1 saturated heterocycles. The van der Waals surface area contributed by atoms with Crippen molar-refractivity contribution in [3.8, 4) is 0 Å². The molecule has 2 rings (SSSR count). The van der Waals surface area contributed by atoms with Crippen LogP contribution in [0.3, 0.4) is 0 Å². The lowest BCUT2D eigenvalue weighted by Gasteiger charge is -2.29. The first-order valence-corrected chi connectivity index (χ1v) is 8.51. The van der Waals surface area contributed by atoms with E-state index in [1.807, 2.05) is 0 Å². The van der Waals surface area contributed by atoms with Crippen molar-refractivity contribution in [1.29, 1.82) is 0 Å². The molecule has 1 aliphatic rings. The van der Waals surface area contributed by atoms with E-state index < -0.39 is 10.0 Å². The smallest absolute Gasteiger partial charge is 0.253 e. The SMILES string of the molecule is O=S(=O)(c1sccc1Br)N1CCC(CO)CC1. The Morgan fingerprint density at radius 1 is 1.47 bits per heavy atom. The second-order valence-electron chi connectivity index (χ2n) is 4.09. The van der Waals surface area contributed by atoms with Gasteiger partial charge in [-0.05, 0) is 46.1 Å². The van der Waals surface area contributed by atoms with Crippen LogP contribution in [0.25, 0.3) is 0 Å². The number of rotatable bonds is 3. The van der Waals surface area contributed by atoms with E-state index in [4.69, 9.17) is 5.11 Å². The van der Waals surface area contributed by atoms with Crippen molar-refractivity contribution < 1.29 is 13.5 Å². The third kappa shape index (κ3) is 2.73. The van der Waals surface area contributed by atoms with Crippen LogP contribution >= 0.6 is 27.3 Å². The molecule has 0 aliphatic carbocycles. The lowest BCUT2D eigenvalue weighted by atomic mass is 10.00. The Bertz CT molecular complexity index is 477. The first kappa shape index (κ1) is 13.5. The molecule has 1 aliphatic heterocycles. The van der Waals surface area contributed by atoms with E-state index in [2.05, 4.69) is 15.9 Å². The molecule has 0 saturated carbocycles. The standard InChI is InChI=1S/C10H14BrNO3S2/c11-9-3-6-16-10(9)17(14,15)12-4-1-8(7-13)2-5-12/h3,6,8,13H,1-2,4-5,7H2. The Balaban J connectivity index is 2.16. The predicted octanol–water partition coefficient (Wildman–Crippen LogP) is 1.90. The predicted molar refractivity (Wildman–Crippen MR) is 70.6 cm³/mol.